The van der Waals surface area contributed by atoms with E-state index in [0.29, 0.717) is 29.0 Å². The number of primary amides is 1. The third-order valence-corrected chi connectivity index (χ3v) is 3.60. The third-order valence-electron chi connectivity index (χ3n) is 3.60. The summed E-state index contributed by atoms with van der Waals surface area (Å²) >= 11 is 0. The molecule has 6 heteroatoms. The minimum Gasteiger partial charge on any atom is -0.454 e. The van der Waals surface area contributed by atoms with E-state index in [2.05, 4.69) is 0 Å². The zero-order valence-electron chi connectivity index (χ0n) is 10.7. The molecular formula is C14H15NO5. The first-order chi connectivity index (χ1) is 9.56. The predicted octanol–water partition coefficient (Wildman–Crippen LogP) is 0.413. The summed E-state index contributed by atoms with van der Waals surface area (Å²) < 4.78 is 10.5. The number of carbonyl (C=O) groups excluding carboxylic acids is 1. The van der Waals surface area contributed by atoms with Crippen LogP contribution in [0.25, 0.3) is 5.57 Å². The van der Waals surface area contributed by atoms with Crippen molar-refractivity contribution >= 4 is 11.5 Å². The molecule has 1 heterocycles. The fourth-order valence-electron chi connectivity index (χ4n) is 2.50. The van der Waals surface area contributed by atoms with Crippen molar-refractivity contribution < 1.29 is 24.5 Å². The smallest absolute Gasteiger partial charge is 0.249 e. The number of aliphatic hydroxyl groups is 2. The molecule has 0 bridgehead atoms. The van der Waals surface area contributed by atoms with E-state index in [1.807, 2.05) is 0 Å². The molecule has 0 saturated carbocycles. The Kier molecular flexibility index (Phi) is 3.11. The molecule has 0 radical (unpaired) electrons. The zero-order valence-corrected chi connectivity index (χ0v) is 10.7. The largest absolute Gasteiger partial charge is 0.454 e. The van der Waals surface area contributed by atoms with Crippen LogP contribution in [-0.4, -0.2) is 35.1 Å². The fourth-order valence-corrected chi connectivity index (χ4v) is 2.50. The van der Waals surface area contributed by atoms with Crippen LogP contribution in [0.1, 0.15) is 28.8 Å². The van der Waals surface area contributed by atoms with E-state index in [0.717, 1.165) is 5.57 Å². The Hall–Kier alpha value is -2.05. The molecule has 1 aromatic rings. The maximum absolute atomic E-state index is 11.6. The molecule has 2 atom stereocenters. The lowest BCUT2D eigenvalue weighted by Gasteiger charge is -2.24. The van der Waals surface area contributed by atoms with Gasteiger partial charge in [-0.2, -0.15) is 0 Å². The molecular weight excluding hydrogens is 262 g/mol. The normalized spacial score (nSPS) is 24.4. The fraction of sp³-hybridized carbons (Fsp3) is 0.357. The SMILES string of the molecule is NC(=O)c1cc2c(cc1C1=CCC(O)C(O)C1)OCO2. The average molecular weight is 277 g/mol. The molecule has 2 unspecified atom stereocenters. The van der Waals surface area contributed by atoms with Gasteiger partial charge in [0.2, 0.25) is 12.7 Å². The number of ether oxygens (including phenoxy) is 2. The van der Waals surface area contributed by atoms with Gasteiger partial charge in [0.15, 0.2) is 11.5 Å². The molecule has 2 aliphatic rings. The Balaban J connectivity index is 2.06. The lowest BCUT2D eigenvalue weighted by Crippen LogP contribution is -2.28. The molecule has 0 saturated heterocycles. The van der Waals surface area contributed by atoms with Crippen molar-refractivity contribution in [3.63, 3.8) is 0 Å². The molecule has 106 valence electrons. The summed E-state index contributed by atoms with van der Waals surface area (Å²) in [5, 5.41) is 19.3. The Morgan fingerprint density at radius 3 is 2.55 bits per heavy atom. The second-order valence-electron chi connectivity index (χ2n) is 4.92. The number of hydrogen-bond donors (Lipinski definition) is 3. The molecule has 1 aliphatic carbocycles. The highest BCUT2D eigenvalue weighted by atomic mass is 16.7. The average Bonchev–Trinajstić information content (AvgIpc) is 2.87. The Morgan fingerprint density at radius 2 is 1.90 bits per heavy atom. The summed E-state index contributed by atoms with van der Waals surface area (Å²) in [6.45, 7) is 0.109. The summed E-state index contributed by atoms with van der Waals surface area (Å²) in [4.78, 5) is 11.6. The van der Waals surface area contributed by atoms with Crippen molar-refractivity contribution in [1.82, 2.24) is 0 Å². The highest BCUT2D eigenvalue weighted by Gasteiger charge is 2.27. The van der Waals surface area contributed by atoms with Gasteiger partial charge in [0.1, 0.15) is 0 Å². The standard InChI is InChI=1S/C14H15NO5/c15-14(18)9-5-13-12(19-6-20-13)4-8(9)7-1-2-10(16)11(17)3-7/h1,4-5,10-11,16-17H,2-3,6H2,(H2,15,18). The van der Waals surface area contributed by atoms with Crippen LogP contribution in [0, 0.1) is 0 Å². The van der Waals surface area contributed by atoms with Crippen molar-refractivity contribution in [2.75, 3.05) is 6.79 Å². The van der Waals surface area contributed by atoms with Crippen molar-refractivity contribution in [1.29, 1.82) is 0 Å². The summed E-state index contributed by atoms with van der Waals surface area (Å²) in [5.41, 5.74) is 7.12. The van der Waals surface area contributed by atoms with Crippen LogP contribution < -0.4 is 15.2 Å². The van der Waals surface area contributed by atoms with Crippen molar-refractivity contribution in [2.45, 2.75) is 25.0 Å². The lowest BCUT2D eigenvalue weighted by atomic mass is 9.87. The highest BCUT2D eigenvalue weighted by Crippen LogP contribution is 2.39. The molecule has 3 rings (SSSR count). The Labute approximate surface area is 115 Å². The molecule has 6 nitrogen and oxygen atoms in total. The zero-order chi connectivity index (χ0) is 14.3. The molecule has 0 aromatic heterocycles. The van der Waals surface area contributed by atoms with Gasteiger partial charge in [-0.15, -0.1) is 0 Å². The van der Waals surface area contributed by atoms with E-state index in [-0.39, 0.29) is 13.2 Å². The maximum Gasteiger partial charge on any atom is 0.249 e. The molecule has 20 heavy (non-hydrogen) atoms. The molecule has 4 N–H and O–H groups in total. The van der Waals surface area contributed by atoms with E-state index >= 15 is 0 Å². The quantitative estimate of drug-likeness (QED) is 0.727. The van der Waals surface area contributed by atoms with E-state index in [4.69, 9.17) is 15.2 Å². The first-order valence-corrected chi connectivity index (χ1v) is 6.35. The Morgan fingerprint density at radius 1 is 1.20 bits per heavy atom. The molecule has 1 aromatic carbocycles. The van der Waals surface area contributed by atoms with Crippen molar-refractivity contribution in [3.05, 3.63) is 29.3 Å². The minimum atomic E-state index is -0.846. The minimum absolute atomic E-state index is 0.109. The summed E-state index contributed by atoms with van der Waals surface area (Å²) in [6, 6.07) is 3.25. The van der Waals surface area contributed by atoms with Crippen LogP contribution in [0.4, 0.5) is 0 Å². The number of amides is 1. The third kappa shape index (κ3) is 2.13. The van der Waals surface area contributed by atoms with Crippen LogP contribution in [0.15, 0.2) is 18.2 Å². The number of hydrogen-bond acceptors (Lipinski definition) is 5. The van der Waals surface area contributed by atoms with E-state index in [1.165, 1.54) is 0 Å². The van der Waals surface area contributed by atoms with Gasteiger partial charge in [0.25, 0.3) is 0 Å². The van der Waals surface area contributed by atoms with Crippen molar-refractivity contribution in [3.8, 4) is 11.5 Å². The monoisotopic (exact) mass is 277 g/mol. The van der Waals surface area contributed by atoms with Gasteiger partial charge in [0, 0.05) is 6.42 Å². The van der Waals surface area contributed by atoms with Crippen LogP contribution in [-0.2, 0) is 0 Å². The second-order valence-corrected chi connectivity index (χ2v) is 4.92. The number of rotatable bonds is 2. The van der Waals surface area contributed by atoms with E-state index in [1.54, 1.807) is 18.2 Å². The number of fused-ring (bicyclic) bond motifs is 1. The Bertz CT molecular complexity index is 595. The molecule has 1 amide bonds. The van der Waals surface area contributed by atoms with Crippen molar-refractivity contribution in [2.24, 2.45) is 5.73 Å². The van der Waals surface area contributed by atoms with Gasteiger partial charge in [-0.3, -0.25) is 4.79 Å². The second kappa shape index (κ2) is 4.81. The van der Waals surface area contributed by atoms with Crippen LogP contribution in [0.2, 0.25) is 0 Å². The van der Waals surface area contributed by atoms with E-state index < -0.39 is 18.1 Å². The first kappa shape index (κ1) is 13.0. The number of aliphatic hydroxyl groups excluding tert-OH is 2. The van der Waals surface area contributed by atoms with Crippen LogP contribution in [0.3, 0.4) is 0 Å². The molecule has 1 aliphatic heterocycles. The van der Waals surface area contributed by atoms with Gasteiger partial charge < -0.3 is 25.4 Å². The first-order valence-electron chi connectivity index (χ1n) is 6.35. The highest BCUT2D eigenvalue weighted by molar-refractivity contribution is 5.99. The summed E-state index contributed by atoms with van der Waals surface area (Å²) in [7, 11) is 0. The summed E-state index contributed by atoms with van der Waals surface area (Å²) in [6.07, 6.45) is 0.789. The van der Waals surface area contributed by atoms with Gasteiger partial charge in [-0.25, -0.2) is 0 Å². The topological polar surface area (TPSA) is 102 Å². The van der Waals surface area contributed by atoms with Gasteiger partial charge >= 0.3 is 0 Å². The van der Waals surface area contributed by atoms with Crippen LogP contribution >= 0.6 is 0 Å². The molecule has 0 fully saturated rings. The van der Waals surface area contributed by atoms with Gasteiger partial charge in [-0.1, -0.05) is 6.08 Å². The van der Waals surface area contributed by atoms with Gasteiger partial charge in [-0.05, 0) is 29.7 Å². The number of carbonyl (C=O) groups is 1. The predicted molar refractivity (Wildman–Crippen MR) is 70.3 cm³/mol. The van der Waals surface area contributed by atoms with Crippen LogP contribution in [0.5, 0.6) is 11.5 Å². The van der Waals surface area contributed by atoms with E-state index in [9.17, 15) is 15.0 Å². The molecule has 0 spiro atoms. The maximum atomic E-state index is 11.6. The number of benzene rings is 1. The van der Waals surface area contributed by atoms with Gasteiger partial charge in [0.05, 0.1) is 17.8 Å². The summed E-state index contributed by atoms with van der Waals surface area (Å²) in [5.74, 6) is 0.464. The lowest BCUT2D eigenvalue weighted by molar-refractivity contribution is 0.0213. The number of nitrogens with two attached hydrogens (primary N) is 1.